The van der Waals surface area contributed by atoms with E-state index in [0.717, 1.165) is 35.7 Å². The summed E-state index contributed by atoms with van der Waals surface area (Å²) in [4.78, 5) is 9.02. The molecular weight excluding hydrogens is 332 g/mol. The molecular formula is C20H21ClN4. The summed E-state index contributed by atoms with van der Waals surface area (Å²) in [5.41, 5.74) is 4.20. The van der Waals surface area contributed by atoms with Crippen LogP contribution in [0.5, 0.6) is 0 Å². The number of anilines is 3. The molecule has 0 amide bonds. The molecule has 4 nitrogen and oxygen atoms in total. The van der Waals surface area contributed by atoms with E-state index in [1.54, 1.807) is 0 Å². The molecule has 2 N–H and O–H groups in total. The number of benzene rings is 2. The Balaban J connectivity index is 1.68. The van der Waals surface area contributed by atoms with Crippen molar-refractivity contribution < 1.29 is 0 Å². The quantitative estimate of drug-likeness (QED) is 0.644. The first-order chi connectivity index (χ1) is 12.1. The zero-order valence-corrected chi connectivity index (χ0v) is 15.1. The van der Waals surface area contributed by atoms with E-state index in [1.807, 2.05) is 44.2 Å². The van der Waals surface area contributed by atoms with Crippen molar-refractivity contribution in [2.75, 3.05) is 17.2 Å². The first kappa shape index (κ1) is 17.2. The van der Waals surface area contributed by atoms with Crippen LogP contribution in [-0.2, 0) is 6.42 Å². The minimum absolute atomic E-state index is 0.563. The Morgan fingerprint density at radius 3 is 2.56 bits per heavy atom. The minimum atomic E-state index is 0.563. The molecule has 0 unspecified atom stereocenters. The maximum atomic E-state index is 6.08. The Bertz CT molecular complexity index is 850. The summed E-state index contributed by atoms with van der Waals surface area (Å²) in [6, 6.07) is 18.1. The third kappa shape index (κ3) is 4.94. The lowest BCUT2D eigenvalue weighted by Crippen LogP contribution is -2.09. The second-order valence-corrected chi connectivity index (χ2v) is 6.40. The van der Waals surface area contributed by atoms with Gasteiger partial charge in [0.05, 0.1) is 0 Å². The van der Waals surface area contributed by atoms with Gasteiger partial charge in [0.2, 0.25) is 5.95 Å². The average molecular weight is 353 g/mol. The van der Waals surface area contributed by atoms with Crippen molar-refractivity contribution in [3.05, 3.63) is 76.4 Å². The van der Waals surface area contributed by atoms with E-state index in [1.165, 1.54) is 5.56 Å². The van der Waals surface area contributed by atoms with Crippen molar-refractivity contribution in [1.82, 2.24) is 9.97 Å². The molecule has 0 aliphatic rings. The Hall–Kier alpha value is -2.59. The number of nitrogens with one attached hydrogen (secondary N) is 2. The number of halogens is 1. The Morgan fingerprint density at radius 2 is 1.76 bits per heavy atom. The first-order valence-corrected chi connectivity index (χ1v) is 8.64. The lowest BCUT2D eigenvalue weighted by Gasteiger charge is -2.12. The SMILES string of the molecule is Cc1cc(NCCc2ccccc2)nc(Nc2cc(Cl)ccc2C)n1. The fourth-order valence-electron chi connectivity index (χ4n) is 2.54. The van der Waals surface area contributed by atoms with E-state index in [-0.39, 0.29) is 0 Å². The smallest absolute Gasteiger partial charge is 0.229 e. The number of hydrogen-bond acceptors (Lipinski definition) is 4. The molecule has 1 heterocycles. The fraction of sp³-hybridized carbons (Fsp3) is 0.200. The van der Waals surface area contributed by atoms with Gasteiger partial charge in [0.1, 0.15) is 5.82 Å². The summed E-state index contributed by atoms with van der Waals surface area (Å²) >= 11 is 6.08. The number of nitrogens with zero attached hydrogens (tertiary/aromatic N) is 2. The van der Waals surface area contributed by atoms with Gasteiger partial charge in [0, 0.05) is 29.0 Å². The molecule has 0 fully saturated rings. The van der Waals surface area contributed by atoms with E-state index < -0.39 is 0 Å². The van der Waals surface area contributed by atoms with Crippen molar-refractivity contribution in [2.45, 2.75) is 20.3 Å². The van der Waals surface area contributed by atoms with Crippen molar-refractivity contribution in [3.8, 4) is 0 Å². The zero-order valence-electron chi connectivity index (χ0n) is 14.4. The predicted molar refractivity (Wildman–Crippen MR) is 105 cm³/mol. The van der Waals surface area contributed by atoms with E-state index >= 15 is 0 Å². The van der Waals surface area contributed by atoms with Gasteiger partial charge in [-0.1, -0.05) is 48.0 Å². The molecule has 0 bridgehead atoms. The zero-order chi connectivity index (χ0) is 17.6. The highest BCUT2D eigenvalue weighted by molar-refractivity contribution is 6.30. The number of hydrogen-bond donors (Lipinski definition) is 2. The average Bonchev–Trinajstić information content (AvgIpc) is 2.59. The number of aryl methyl sites for hydroxylation is 2. The standard InChI is InChI=1S/C20H21ClN4/c1-14-8-9-17(21)13-18(14)24-20-23-15(2)12-19(25-20)22-11-10-16-6-4-3-5-7-16/h3-9,12-13H,10-11H2,1-2H3,(H2,22,23,24,25). The summed E-state index contributed by atoms with van der Waals surface area (Å²) in [6.07, 6.45) is 0.944. The molecule has 0 radical (unpaired) electrons. The molecule has 3 aromatic rings. The monoisotopic (exact) mass is 352 g/mol. The van der Waals surface area contributed by atoms with Crippen molar-refractivity contribution in [1.29, 1.82) is 0 Å². The van der Waals surface area contributed by atoms with E-state index in [4.69, 9.17) is 11.6 Å². The normalized spacial score (nSPS) is 10.5. The second-order valence-electron chi connectivity index (χ2n) is 5.96. The molecule has 0 saturated heterocycles. The highest BCUT2D eigenvalue weighted by Gasteiger charge is 2.05. The molecule has 0 spiro atoms. The number of rotatable bonds is 6. The van der Waals surface area contributed by atoms with Gasteiger partial charge in [0.25, 0.3) is 0 Å². The Labute approximate surface area is 153 Å². The third-order valence-corrected chi connectivity index (χ3v) is 4.10. The van der Waals surface area contributed by atoms with Crippen molar-refractivity contribution in [3.63, 3.8) is 0 Å². The van der Waals surface area contributed by atoms with Gasteiger partial charge in [-0.25, -0.2) is 4.98 Å². The Kier molecular flexibility index (Phi) is 5.51. The molecule has 0 aliphatic heterocycles. The molecule has 3 rings (SSSR count). The summed E-state index contributed by atoms with van der Waals surface area (Å²) < 4.78 is 0. The van der Waals surface area contributed by atoms with Gasteiger partial charge in [-0.3, -0.25) is 0 Å². The summed E-state index contributed by atoms with van der Waals surface area (Å²) in [6.45, 7) is 4.80. The fourth-order valence-corrected chi connectivity index (χ4v) is 2.72. The molecule has 0 atom stereocenters. The maximum Gasteiger partial charge on any atom is 0.229 e. The molecule has 1 aromatic heterocycles. The molecule has 2 aromatic carbocycles. The Morgan fingerprint density at radius 1 is 0.960 bits per heavy atom. The van der Waals surface area contributed by atoms with Crippen LogP contribution in [0.25, 0.3) is 0 Å². The first-order valence-electron chi connectivity index (χ1n) is 8.27. The second kappa shape index (κ2) is 7.99. The van der Waals surface area contributed by atoms with Crippen LogP contribution >= 0.6 is 11.6 Å². The van der Waals surface area contributed by atoms with Crippen molar-refractivity contribution >= 4 is 29.1 Å². The molecule has 5 heteroatoms. The minimum Gasteiger partial charge on any atom is -0.370 e. The summed E-state index contributed by atoms with van der Waals surface area (Å²) in [5.74, 6) is 1.37. The van der Waals surface area contributed by atoms with Crippen LogP contribution in [0.4, 0.5) is 17.5 Å². The van der Waals surface area contributed by atoms with E-state index in [0.29, 0.717) is 11.0 Å². The van der Waals surface area contributed by atoms with Gasteiger partial charge in [-0.15, -0.1) is 0 Å². The largest absolute Gasteiger partial charge is 0.370 e. The van der Waals surface area contributed by atoms with Gasteiger partial charge in [-0.2, -0.15) is 4.98 Å². The van der Waals surface area contributed by atoms with Gasteiger partial charge in [0.15, 0.2) is 0 Å². The lowest BCUT2D eigenvalue weighted by atomic mass is 10.1. The van der Waals surface area contributed by atoms with Gasteiger partial charge in [-0.05, 0) is 43.5 Å². The van der Waals surface area contributed by atoms with Crippen molar-refractivity contribution in [2.24, 2.45) is 0 Å². The van der Waals surface area contributed by atoms with Crippen LogP contribution in [0.1, 0.15) is 16.8 Å². The highest BCUT2D eigenvalue weighted by atomic mass is 35.5. The van der Waals surface area contributed by atoms with Crippen LogP contribution in [-0.4, -0.2) is 16.5 Å². The predicted octanol–water partition coefficient (Wildman–Crippen LogP) is 5.15. The summed E-state index contributed by atoms with van der Waals surface area (Å²) in [5, 5.41) is 7.31. The van der Waals surface area contributed by atoms with Crippen LogP contribution in [0, 0.1) is 13.8 Å². The van der Waals surface area contributed by atoms with Crippen LogP contribution in [0.2, 0.25) is 5.02 Å². The molecule has 0 saturated carbocycles. The molecule has 0 aliphatic carbocycles. The maximum absolute atomic E-state index is 6.08. The van der Waals surface area contributed by atoms with Gasteiger partial charge < -0.3 is 10.6 Å². The third-order valence-electron chi connectivity index (χ3n) is 3.86. The number of aromatic nitrogens is 2. The lowest BCUT2D eigenvalue weighted by molar-refractivity contribution is 0.994. The van der Waals surface area contributed by atoms with Gasteiger partial charge >= 0.3 is 0 Å². The van der Waals surface area contributed by atoms with Crippen LogP contribution in [0.3, 0.4) is 0 Å². The van der Waals surface area contributed by atoms with E-state index in [9.17, 15) is 0 Å². The molecule has 25 heavy (non-hydrogen) atoms. The molecule has 128 valence electrons. The van der Waals surface area contributed by atoms with E-state index in [2.05, 4.69) is 44.9 Å². The topological polar surface area (TPSA) is 49.8 Å². The van der Waals surface area contributed by atoms with Crippen LogP contribution in [0.15, 0.2) is 54.6 Å². The highest BCUT2D eigenvalue weighted by Crippen LogP contribution is 2.23. The van der Waals surface area contributed by atoms with Crippen LogP contribution < -0.4 is 10.6 Å². The summed E-state index contributed by atoms with van der Waals surface area (Å²) in [7, 11) is 0.